The summed E-state index contributed by atoms with van der Waals surface area (Å²) in [5, 5.41) is 9.12. The van der Waals surface area contributed by atoms with E-state index < -0.39 is 25.9 Å². The van der Waals surface area contributed by atoms with Gasteiger partial charge in [-0.2, -0.15) is 4.31 Å². The van der Waals surface area contributed by atoms with E-state index in [9.17, 15) is 16.8 Å². The quantitative estimate of drug-likeness (QED) is 0.785. The summed E-state index contributed by atoms with van der Waals surface area (Å²) < 4.78 is 50.3. The topological polar surface area (TPSA) is 91.8 Å². The van der Waals surface area contributed by atoms with Crippen LogP contribution in [0.2, 0.25) is 0 Å². The summed E-state index contributed by atoms with van der Waals surface area (Å²) in [6, 6.07) is 5.50. The molecule has 1 aromatic carbocycles. The van der Waals surface area contributed by atoms with Crippen LogP contribution in [0.3, 0.4) is 0 Å². The molecule has 21 heavy (non-hydrogen) atoms. The molecule has 1 saturated heterocycles. The second-order valence-corrected chi connectivity index (χ2v) is 9.89. The minimum atomic E-state index is -3.83. The minimum absolute atomic E-state index is 0.0184. The Morgan fingerprint density at radius 1 is 1.29 bits per heavy atom. The number of aliphatic hydroxyl groups excluding tert-OH is 1. The molecule has 0 bridgehead atoms. The Hall–Kier alpha value is -0.480. The lowest BCUT2D eigenvalue weighted by atomic mass is 10.3. The number of rotatable bonds is 5. The molecule has 6 nitrogen and oxygen atoms in total. The van der Waals surface area contributed by atoms with Gasteiger partial charge >= 0.3 is 0 Å². The van der Waals surface area contributed by atoms with Gasteiger partial charge in [-0.05, 0) is 30.7 Å². The zero-order valence-electron chi connectivity index (χ0n) is 11.1. The van der Waals surface area contributed by atoms with Crippen LogP contribution in [0.1, 0.15) is 6.42 Å². The average Bonchev–Trinajstić information content (AvgIpc) is 2.76. The van der Waals surface area contributed by atoms with E-state index >= 15 is 0 Å². The highest BCUT2D eigenvalue weighted by atomic mass is 79.9. The summed E-state index contributed by atoms with van der Waals surface area (Å²) in [5.41, 5.74) is 0. The summed E-state index contributed by atoms with van der Waals surface area (Å²) in [6.45, 7) is -0.467. The van der Waals surface area contributed by atoms with Crippen LogP contribution in [0.25, 0.3) is 0 Å². The number of sulfone groups is 1. The third kappa shape index (κ3) is 3.84. The first-order chi connectivity index (χ1) is 9.76. The lowest BCUT2D eigenvalue weighted by Crippen LogP contribution is -2.42. The minimum Gasteiger partial charge on any atom is -0.395 e. The number of nitrogens with zero attached hydrogens (tertiary/aromatic N) is 1. The number of hydrogen-bond acceptors (Lipinski definition) is 5. The molecule has 0 unspecified atom stereocenters. The molecule has 2 rings (SSSR count). The molecule has 0 saturated carbocycles. The Morgan fingerprint density at radius 2 is 1.90 bits per heavy atom. The molecule has 0 aliphatic carbocycles. The molecule has 1 N–H and O–H groups in total. The first-order valence-electron chi connectivity index (χ1n) is 6.35. The third-order valence-corrected chi connectivity index (χ3v) is 7.60. The van der Waals surface area contributed by atoms with E-state index in [4.69, 9.17) is 5.11 Å². The molecule has 1 atom stereocenters. The van der Waals surface area contributed by atoms with Crippen LogP contribution >= 0.6 is 15.9 Å². The molecule has 0 amide bonds. The van der Waals surface area contributed by atoms with Crippen molar-refractivity contribution in [3.63, 3.8) is 0 Å². The van der Waals surface area contributed by atoms with Gasteiger partial charge in [-0.25, -0.2) is 16.8 Å². The molecular formula is C12H16BrNO5S2. The lowest BCUT2D eigenvalue weighted by Gasteiger charge is -2.26. The van der Waals surface area contributed by atoms with Gasteiger partial charge in [0.05, 0.1) is 23.0 Å². The molecule has 1 heterocycles. The predicted octanol–water partition coefficient (Wildman–Crippen LogP) is 0.619. The highest BCUT2D eigenvalue weighted by Crippen LogP contribution is 2.25. The Kier molecular flexibility index (Phi) is 5.09. The van der Waals surface area contributed by atoms with E-state index in [0.29, 0.717) is 0 Å². The van der Waals surface area contributed by atoms with Gasteiger partial charge in [-0.15, -0.1) is 0 Å². The highest BCUT2D eigenvalue weighted by molar-refractivity contribution is 9.10. The number of hydrogen-bond donors (Lipinski definition) is 1. The summed E-state index contributed by atoms with van der Waals surface area (Å²) in [5.74, 6) is -0.210. The van der Waals surface area contributed by atoms with E-state index in [0.717, 1.165) is 8.78 Å². The van der Waals surface area contributed by atoms with Gasteiger partial charge < -0.3 is 5.11 Å². The maximum atomic E-state index is 12.6. The summed E-state index contributed by atoms with van der Waals surface area (Å²) >= 11 is 3.23. The van der Waals surface area contributed by atoms with Crippen LogP contribution in [-0.4, -0.2) is 56.9 Å². The van der Waals surface area contributed by atoms with Crippen LogP contribution in [0.4, 0.5) is 0 Å². The van der Waals surface area contributed by atoms with Gasteiger partial charge in [0.1, 0.15) is 0 Å². The predicted molar refractivity (Wildman–Crippen MR) is 82.2 cm³/mol. The van der Waals surface area contributed by atoms with Crippen molar-refractivity contribution >= 4 is 35.8 Å². The first-order valence-corrected chi connectivity index (χ1v) is 10.4. The molecule has 1 fully saturated rings. The lowest BCUT2D eigenvalue weighted by molar-refractivity contribution is 0.232. The Labute approximate surface area is 132 Å². The summed E-state index contributed by atoms with van der Waals surface area (Å²) in [6.07, 6.45) is 0.262. The SMILES string of the molecule is O=S1(=O)CC[C@H](N(CCO)S(=O)(=O)c2ccc(Br)cc2)C1. The Bertz CT molecular complexity index is 700. The fourth-order valence-corrected chi connectivity index (χ4v) is 6.08. The summed E-state index contributed by atoms with van der Waals surface area (Å²) in [4.78, 5) is 0.0865. The van der Waals surface area contributed by atoms with E-state index in [1.54, 1.807) is 12.1 Å². The van der Waals surface area contributed by atoms with Crippen LogP contribution in [-0.2, 0) is 19.9 Å². The van der Waals surface area contributed by atoms with Crippen molar-refractivity contribution in [2.45, 2.75) is 17.4 Å². The van der Waals surface area contributed by atoms with Crippen molar-refractivity contribution in [3.8, 4) is 0 Å². The van der Waals surface area contributed by atoms with E-state index in [-0.39, 0.29) is 36.0 Å². The van der Waals surface area contributed by atoms with Crippen molar-refractivity contribution < 1.29 is 21.9 Å². The van der Waals surface area contributed by atoms with Gasteiger partial charge in [-0.1, -0.05) is 15.9 Å². The number of sulfonamides is 1. The molecule has 1 aliphatic rings. The van der Waals surface area contributed by atoms with Gasteiger partial charge in [0, 0.05) is 17.1 Å². The van der Waals surface area contributed by atoms with Gasteiger partial charge in [0.2, 0.25) is 10.0 Å². The average molecular weight is 398 g/mol. The van der Waals surface area contributed by atoms with E-state index in [1.807, 2.05) is 0 Å². The maximum Gasteiger partial charge on any atom is 0.243 e. The molecule has 0 aromatic heterocycles. The third-order valence-electron chi connectivity index (χ3n) is 3.36. The van der Waals surface area contributed by atoms with Gasteiger partial charge in [-0.3, -0.25) is 0 Å². The van der Waals surface area contributed by atoms with Crippen molar-refractivity contribution in [1.82, 2.24) is 4.31 Å². The van der Waals surface area contributed by atoms with Crippen LogP contribution in [0.15, 0.2) is 33.6 Å². The van der Waals surface area contributed by atoms with Crippen molar-refractivity contribution in [2.24, 2.45) is 0 Å². The Morgan fingerprint density at radius 3 is 2.38 bits per heavy atom. The highest BCUT2D eigenvalue weighted by Gasteiger charge is 2.38. The largest absolute Gasteiger partial charge is 0.395 e. The molecular weight excluding hydrogens is 382 g/mol. The van der Waals surface area contributed by atoms with Crippen molar-refractivity contribution in [3.05, 3.63) is 28.7 Å². The number of halogens is 1. The molecule has 9 heteroatoms. The molecule has 0 radical (unpaired) electrons. The van der Waals surface area contributed by atoms with Crippen molar-refractivity contribution in [2.75, 3.05) is 24.7 Å². The molecule has 118 valence electrons. The maximum absolute atomic E-state index is 12.6. The smallest absolute Gasteiger partial charge is 0.243 e. The number of aliphatic hydroxyl groups is 1. The monoisotopic (exact) mass is 397 g/mol. The first kappa shape index (κ1) is 16.9. The number of benzene rings is 1. The van der Waals surface area contributed by atoms with Gasteiger partial charge in [0.25, 0.3) is 0 Å². The van der Waals surface area contributed by atoms with Gasteiger partial charge in [0.15, 0.2) is 9.84 Å². The summed E-state index contributed by atoms with van der Waals surface area (Å²) in [7, 11) is -7.03. The molecule has 1 aliphatic heterocycles. The van der Waals surface area contributed by atoms with Crippen LogP contribution in [0.5, 0.6) is 0 Å². The van der Waals surface area contributed by atoms with Crippen LogP contribution < -0.4 is 0 Å². The van der Waals surface area contributed by atoms with E-state index in [2.05, 4.69) is 15.9 Å². The normalized spacial score (nSPS) is 21.8. The van der Waals surface area contributed by atoms with E-state index in [1.165, 1.54) is 12.1 Å². The zero-order chi connectivity index (χ0) is 15.7. The fraction of sp³-hybridized carbons (Fsp3) is 0.500. The molecule has 0 spiro atoms. The second-order valence-electron chi connectivity index (χ2n) is 4.85. The fourth-order valence-electron chi connectivity index (χ4n) is 2.34. The zero-order valence-corrected chi connectivity index (χ0v) is 14.4. The van der Waals surface area contributed by atoms with Crippen LogP contribution in [0, 0.1) is 0 Å². The molecule has 1 aromatic rings. The standard InChI is InChI=1S/C12H16BrNO5S2/c13-10-1-3-12(4-2-10)21(18,19)14(6-7-15)11-5-8-20(16,17)9-11/h1-4,11,15H,5-9H2/t11-/m0/s1. The van der Waals surface area contributed by atoms with Crippen molar-refractivity contribution in [1.29, 1.82) is 0 Å². The Balaban J connectivity index is 2.35. The second kappa shape index (κ2) is 6.33.